The van der Waals surface area contributed by atoms with Crippen molar-refractivity contribution < 1.29 is 8.42 Å². The molecule has 0 saturated carbocycles. The van der Waals surface area contributed by atoms with Crippen LogP contribution in [0.25, 0.3) is 0 Å². The van der Waals surface area contributed by atoms with Crippen molar-refractivity contribution in [2.75, 3.05) is 39.8 Å². The molecular weight excluding hydrogens is 282 g/mol. The highest BCUT2D eigenvalue weighted by molar-refractivity contribution is 7.89. The quantitative estimate of drug-likeness (QED) is 0.874. The summed E-state index contributed by atoms with van der Waals surface area (Å²) in [6.45, 7) is 6.63. The minimum absolute atomic E-state index is 0.438. The van der Waals surface area contributed by atoms with Gasteiger partial charge in [-0.25, -0.2) is 8.42 Å². The Hall–Kier alpha value is -0.470. The summed E-state index contributed by atoms with van der Waals surface area (Å²) in [7, 11) is -1.44. The van der Waals surface area contributed by atoms with Gasteiger partial charge in [0.2, 0.25) is 10.0 Å². The van der Waals surface area contributed by atoms with Crippen LogP contribution in [0.1, 0.15) is 11.8 Å². The smallest absolute Gasteiger partial charge is 0.243 e. The molecule has 1 aliphatic rings. The molecule has 0 bridgehead atoms. The SMILES string of the molecule is CCN1CCN(S(=O)(=O)c2csc(CNC)c2)CC1. The van der Waals surface area contributed by atoms with E-state index in [9.17, 15) is 8.42 Å². The van der Waals surface area contributed by atoms with E-state index < -0.39 is 10.0 Å². The van der Waals surface area contributed by atoms with Crippen LogP contribution in [0.2, 0.25) is 0 Å². The maximum absolute atomic E-state index is 12.5. The zero-order chi connectivity index (χ0) is 13.9. The van der Waals surface area contributed by atoms with Gasteiger partial charge in [0.15, 0.2) is 0 Å². The normalized spacial score (nSPS) is 18.8. The third kappa shape index (κ3) is 3.35. The van der Waals surface area contributed by atoms with Gasteiger partial charge >= 0.3 is 0 Å². The van der Waals surface area contributed by atoms with Crippen molar-refractivity contribution in [3.63, 3.8) is 0 Å². The van der Waals surface area contributed by atoms with Gasteiger partial charge in [0, 0.05) is 43.0 Å². The molecular formula is C12H21N3O2S2. The van der Waals surface area contributed by atoms with Gasteiger partial charge in [-0.05, 0) is 19.7 Å². The monoisotopic (exact) mass is 303 g/mol. The van der Waals surface area contributed by atoms with Gasteiger partial charge in [0.1, 0.15) is 0 Å². The maximum atomic E-state index is 12.5. The van der Waals surface area contributed by atoms with Crippen LogP contribution < -0.4 is 5.32 Å². The van der Waals surface area contributed by atoms with Crippen molar-refractivity contribution in [3.8, 4) is 0 Å². The zero-order valence-corrected chi connectivity index (χ0v) is 13.1. The first kappa shape index (κ1) is 14.9. The van der Waals surface area contributed by atoms with Crippen LogP contribution in [-0.4, -0.2) is 57.4 Å². The molecule has 0 unspecified atom stereocenters. The first-order chi connectivity index (χ1) is 9.07. The fourth-order valence-electron chi connectivity index (χ4n) is 2.20. The lowest BCUT2D eigenvalue weighted by molar-refractivity contribution is 0.196. The van der Waals surface area contributed by atoms with Crippen molar-refractivity contribution in [2.45, 2.75) is 18.4 Å². The fraction of sp³-hybridized carbons (Fsp3) is 0.667. The minimum atomic E-state index is -3.30. The summed E-state index contributed by atoms with van der Waals surface area (Å²) in [5.41, 5.74) is 0. The highest BCUT2D eigenvalue weighted by Crippen LogP contribution is 2.23. The third-order valence-electron chi connectivity index (χ3n) is 3.40. The summed E-state index contributed by atoms with van der Waals surface area (Å²) in [5, 5.41) is 4.78. The first-order valence-corrected chi connectivity index (χ1v) is 8.84. The van der Waals surface area contributed by atoms with E-state index in [4.69, 9.17) is 0 Å². The van der Waals surface area contributed by atoms with Gasteiger partial charge in [-0.3, -0.25) is 0 Å². The number of nitrogens with zero attached hydrogens (tertiary/aromatic N) is 2. The molecule has 2 heterocycles. The average Bonchev–Trinajstić information content (AvgIpc) is 2.89. The molecule has 1 aliphatic heterocycles. The Bertz CT molecular complexity index is 505. The second-order valence-electron chi connectivity index (χ2n) is 4.62. The van der Waals surface area contributed by atoms with E-state index in [0.717, 1.165) is 24.5 Å². The van der Waals surface area contributed by atoms with Gasteiger partial charge in [-0.2, -0.15) is 4.31 Å². The van der Waals surface area contributed by atoms with Crippen LogP contribution in [0, 0.1) is 0 Å². The van der Waals surface area contributed by atoms with E-state index in [1.165, 1.54) is 11.3 Å². The van der Waals surface area contributed by atoms with E-state index in [-0.39, 0.29) is 0 Å². The summed E-state index contributed by atoms with van der Waals surface area (Å²) in [6.07, 6.45) is 0. The molecule has 19 heavy (non-hydrogen) atoms. The Kier molecular flexibility index (Phi) is 4.97. The molecule has 1 fully saturated rings. The molecule has 0 radical (unpaired) electrons. The zero-order valence-electron chi connectivity index (χ0n) is 11.4. The lowest BCUT2D eigenvalue weighted by Gasteiger charge is -2.32. The number of sulfonamides is 1. The Morgan fingerprint density at radius 2 is 2.00 bits per heavy atom. The lowest BCUT2D eigenvalue weighted by atomic mass is 10.4. The van der Waals surface area contributed by atoms with Gasteiger partial charge in [-0.15, -0.1) is 11.3 Å². The summed E-state index contributed by atoms with van der Waals surface area (Å²) in [5.74, 6) is 0. The second-order valence-corrected chi connectivity index (χ2v) is 7.55. The van der Waals surface area contributed by atoms with Crippen LogP contribution in [0.3, 0.4) is 0 Å². The Labute approximate surface area is 119 Å². The first-order valence-electron chi connectivity index (χ1n) is 6.52. The molecule has 5 nitrogen and oxygen atoms in total. The topological polar surface area (TPSA) is 52.7 Å². The molecule has 0 aromatic carbocycles. The van der Waals surface area contributed by atoms with E-state index in [1.807, 2.05) is 7.05 Å². The van der Waals surface area contributed by atoms with Crippen LogP contribution in [0.5, 0.6) is 0 Å². The van der Waals surface area contributed by atoms with Gasteiger partial charge in [0.05, 0.1) is 4.90 Å². The molecule has 1 aromatic heterocycles. The molecule has 0 aliphatic carbocycles. The van der Waals surface area contributed by atoms with E-state index in [0.29, 0.717) is 24.5 Å². The summed E-state index contributed by atoms with van der Waals surface area (Å²) < 4.78 is 26.6. The predicted octanol–water partition coefficient (Wildman–Crippen LogP) is 0.794. The number of hydrogen-bond donors (Lipinski definition) is 1. The van der Waals surface area contributed by atoms with Crippen molar-refractivity contribution >= 4 is 21.4 Å². The number of hydrogen-bond acceptors (Lipinski definition) is 5. The molecule has 0 spiro atoms. The maximum Gasteiger partial charge on any atom is 0.243 e. The van der Waals surface area contributed by atoms with Crippen LogP contribution in [-0.2, 0) is 16.6 Å². The van der Waals surface area contributed by atoms with E-state index >= 15 is 0 Å². The van der Waals surface area contributed by atoms with E-state index in [1.54, 1.807) is 15.8 Å². The molecule has 7 heteroatoms. The van der Waals surface area contributed by atoms with Crippen LogP contribution >= 0.6 is 11.3 Å². The average molecular weight is 303 g/mol. The molecule has 108 valence electrons. The van der Waals surface area contributed by atoms with Crippen LogP contribution in [0.4, 0.5) is 0 Å². The largest absolute Gasteiger partial charge is 0.315 e. The fourth-order valence-corrected chi connectivity index (χ4v) is 4.89. The molecule has 0 amide bonds. The third-order valence-corrected chi connectivity index (χ3v) is 6.36. The van der Waals surface area contributed by atoms with Crippen molar-refractivity contribution in [3.05, 3.63) is 16.3 Å². The van der Waals surface area contributed by atoms with Gasteiger partial charge < -0.3 is 10.2 Å². The summed E-state index contributed by atoms with van der Waals surface area (Å²) in [4.78, 5) is 3.76. The van der Waals surface area contributed by atoms with Gasteiger partial charge in [0.25, 0.3) is 0 Å². The molecule has 1 aromatic rings. The number of rotatable bonds is 5. The Morgan fingerprint density at radius 1 is 1.32 bits per heavy atom. The molecule has 1 saturated heterocycles. The van der Waals surface area contributed by atoms with Gasteiger partial charge in [-0.1, -0.05) is 6.92 Å². The van der Waals surface area contributed by atoms with Crippen LogP contribution in [0.15, 0.2) is 16.3 Å². The Balaban J connectivity index is 2.09. The predicted molar refractivity (Wildman–Crippen MR) is 78.0 cm³/mol. The summed E-state index contributed by atoms with van der Waals surface area (Å²) in [6, 6.07) is 1.78. The van der Waals surface area contributed by atoms with Crippen molar-refractivity contribution in [1.82, 2.24) is 14.5 Å². The Morgan fingerprint density at radius 3 is 2.58 bits per heavy atom. The number of thiophene rings is 1. The molecule has 1 N–H and O–H groups in total. The lowest BCUT2D eigenvalue weighted by Crippen LogP contribution is -2.48. The number of piperazine rings is 1. The number of nitrogens with one attached hydrogen (secondary N) is 1. The highest BCUT2D eigenvalue weighted by Gasteiger charge is 2.28. The van der Waals surface area contributed by atoms with Crippen molar-refractivity contribution in [1.29, 1.82) is 0 Å². The summed E-state index contributed by atoms with van der Waals surface area (Å²) >= 11 is 1.49. The standard InChI is InChI=1S/C12H21N3O2S2/c1-3-14-4-6-15(7-5-14)19(16,17)12-8-11(9-13-2)18-10-12/h8,10,13H,3-7,9H2,1-2H3. The van der Waals surface area contributed by atoms with E-state index in [2.05, 4.69) is 17.1 Å². The van der Waals surface area contributed by atoms with Crippen molar-refractivity contribution in [2.24, 2.45) is 0 Å². The minimum Gasteiger partial charge on any atom is -0.315 e. The number of likely N-dealkylation sites (N-methyl/N-ethyl adjacent to an activating group) is 1. The second kappa shape index (κ2) is 6.32. The molecule has 2 rings (SSSR count). The molecule has 0 atom stereocenters. The highest BCUT2D eigenvalue weighted by atomic mass is 32.2.